The predicted molar refractivity (Wildman–Crippen MR) is 126 cm³/mol. The number of hydrogen-bond acceptors (Lipinski definition) is 7. The van der Waals surface area contributed by atoms with Gasteiger partial charge in [0.1, 0.15) is 18.1 Å². The van der Waals surface area contributed by atoms with E-state index in [1.165, 1.54) is 24.3 Å². The first-order chi connectivity index (χ1) is 17.4. The number of aliphatic carboxylic acids is 1. The maximum Gasteiger partial charge on any atom is 0.490 e. The number of H-pyrrole nitrogens is 1. The Bertz CT molecular complexity index is 1340. The first-order valence-corrected chi connectivity index (χ1v) is 11.9. The molecule has 0 saturated carbocycles. The summed E-state index contributed by atoms with van der Waals surface area (Å²) in [5, 5.41) is 10.5. The number of benzene rings is 1. The van der Waals surface area contributed by atoms with Gasteiger partial charge in [-0.25, -0.2) is 17.6 Å². The lowest BCUT2D eigenvalue weighted by atomic mass is 9.94. The van der Waals surface area contributed by atoms with E-state index in [-0.39, 0.29) is 30.1 Å². The van der Waals surface area contributed by atoms with Crippen molar-refractivity contribution in [3.63, 3.8) is 0 Å². The zero-order valence-corrected chi connectivity index (χ0v) is 20.4. The van der Waals surface area contributed by atoms with E-state index < -0.39 is 56.8 Å². The monoisotopic (exact) mass is 568 g/mol. The maximum atomic E-state index is 13.9. The fourth-order valence-corrected chi connectivity index (χ4v) is 4.09. The number of carboxylic acid groups (broad SMARTS) is 1. The molecule has 38 heavy (non-hydrogen) atoms. The molecule has 0 fully saturated rings. The largest absolute Gasteiger partial charge is 0.490 e. The van der Waals surface area contributed by atoms with Gasteiger partial charge in [0.25, 0.3) is 5.56 Å². The Labute approximate surface area is 212 Å². The Morgan fingerprint density at radius 3 is 2.29 bits per heavy atom. The molecular weight excluding hydrogens is 544 g/mol. The first-order valence-electron chi connectivity index (χ1n) is 10.2. The fraction of sp³-hybridized carbons (Fsp3) is 0.300. The van der Waals surface area contributed by atoms with Crippen molar-refractivity contribution in [2.75, 3.05) is 11.3 Å². The van der Waals surface area contributed by atoms with Gasteiger partial charge in [-0.15, -0.1) is 0 Å². The van der Waals surface area contributed by atoms with Crippen molar-refractivity contribution in [3.8, 4) is 0 Å². The normalized spacial score (nSPS) is 11.9. The van der Waals surface area contributed by atoms with E-state index in [9.17, 15) is 35.6 Å². The molecule has 1 atom stereocenters. The minimum absolute atomic E-state index is 0.0409. The van der Waals surface area contributed by atoms with Gasteiger partial charge in [0.05, 0.1) is 11.7 Å². The number of pyridine rings is 1. The van der Waals surface area contributed by atoms with Crippen LogP contribution in [0, 0.1) is 12.7 Å². The number of nitrogens with one attached hydrogen (secondary N) is 2. The molecule has 2 aromatic rings. The summed E-state index contributed by atoms with van der Waals surface area (Å²) in [6.45, 7) is 1.41. The van der Waals surface area contributed by atoms with Crippen molar-refractivity contribution in [3.05, 3.63) is 63.3 Å². The van der Waals surface area contributed by atoms with Gasteiger partial charge in [-0.05, 0) is 36.2 Å². The third-order valence-electron chi connectivity index (χ3n) is 4.39. The lowest BCUT2D eigenvalue weighted by Gasteiger charge is -2.18. The van der Waals surface area contributed by atoms with Gasteiger partial charge < -0.3 is 32.1 Å². The molecule has 0 aliphatic rings. The van der Waals surface area contributed by atoms with Crippen LogP contribution in [0.15, 0.2) is 40.3 Å². The number of carbonyl (C=O) groups excluding carboxylic acids is 1. The van der Waals surface area contributed by atoms with Gasteiger partial charge in [0.2, 0.25) is 21.9 Å². The summed E-state index contributed by atoms with van der Waals surface area (Å²) in [6, 6.07) is 6.75. The van der Waals surface area contributed by atoms with Crippen molar-refractivity contribution in [2.24, 2.45) is 22.4 Å². The van der Waals surface area contributed by atoms with Crippen LogP contribution < -0.4 is 27.5 Å². The molecule has 18 heteroatoms. The number of aryl methyl sites for hydroxylation is 1. The molecule has 1 amide bonds. The smallest absolute Gasteiger partial charge is 0.475 e. The number of guanidine groups is 1. The van der Waals surface area contributed by atoms with E-state index >= 15 is 0 Å². The molecule has 0 aliphatic carbocycles. The summed E-state index contributed by atoms with van der Waals surface area (Å²) in [7, 11) is -4.21. The number of carboxylic acids is 1. The Morgan fingerprint density at radius 2 is 1.79 bits per heavy atom. The van der Waals surface area contributed by atoms with Crippen LogP contribution in [0.5, 0.6) is 0 Å². The number of sulfonamides is 1. The average Bonchev–Trinajstić information content (AvgIpc) is 2.76. The Morgan fingerprint density at radius 1 is 1.21 bits per heavy atom. The highest BCUT2D eigenvalue weighted by atomic mass is 32.2. The average molecular weight is 569 g/mol. The van der Waals surface area contributed by atoms with Crippen molar-refractivity contribution >= 4 is 33.5 Å². The molecule has 1 unspecified atom stereocenters. The minimum Gasteiger partial charge on any atom is -0.475 e. The topological polar surface area (TPSA) is 233 Å². The second-order valence-corrected chi connectivity index (χ2v) is 9.18. The number of amides is 1. The van der Waals surface area contributed by atoms with E-state index in [0.29, 0.717) is 5.69 Å². The number of hydrogen-bond donors (Lipinski definition) is 6. The van der Waals surface area contributed by atoms with Gasteiger partial charge in [-0.3, -0.25) is 14.3 Å². The number of carbonyl (C=O) groups is 2. The van der Waals surface area contributed by atoms with E-state index in [2.05, 4.69) is 14.9 Å². The van der Waals surface area contributed by atoms with Crippen LogP contribution in [0.3, 0.4) is 0 Å². The minimum atomic E-state index is -5.08. The van der Waals surface area contributed by atoms with Crippen molar-refractivity contribution < 1.29 is 45.5 Å². The van der Waals surface area contributed by atoms with Gasteiger partial charge in [0.15, 0.2) is 0 Å². The zero-order chi connectivity index (χ0) is 29.3. The zero-order valence-electron chi connectivity index (χ0n) is 19.6. The number of aromatic nitrogens is 1. The SMILES string of the molecule is Cc1cc(C(CCON=C(N)N)C(N)=O)c(NS(=O)(=O)Cc2ccccc2F)c(=O)[nH]1.O=C(O)C(F)(F)F. The van der Waals surface area contributed by atoms with Gasteiger partial charge >= 0.3 is 12.1 Å². The van der Waals surface area contributed by atoms with Crippen LogP contribution in [0.2, 0.25) is 0 Å². The molecule has 0 aliphatic heterocycles. The summed E-state index contributed by atoms with van der Waals surface area (Å²) >= 11 is 0. The predicted octanol–water partition coefficient (Wildman–Crippen LogP) is 0.562. The molecule has 0 spiro atoms. The second kappa shape index (κ2) is 13.3. The molecule has 2 rings (SSSR count). The van der Waals surface area contributed by atoms with Crippen LogP contribution >= 0.6 is 0 Å². The number of rotatable bonds is 10. The number of halogens is 4. The van der Waals surface area contributed by atoms with Gasteiger partial charge in [-0.1, -0.05) is 18.2 Å². The number of nitrogens with two attached hydrogens (primary N) is 3. The summed E-state index contributed by atoms with van der Waals surface area (Å²) < 4.78 is 73.0. The van der Waals surface area contributed by atoms with E-state index in [1.807, 2.05) is 0 Å². The molecule has 0 saturated heterocycles. The number of aromatic amines is 1. The standard InChI is InChI=1S/C18H23FN6O5S.C2HF3O2/c1-10-8-13(12(16(20)26)6-7-30-24-18(21)22)15(17(27)23-10)25-31(28,29)9-11-4-2-3-5-14(11)19;3-2(4,5)1(6)7/h2-5,8,12,25H,6-7,9H2,1H3,(H2,20,26)(H,23,27)(H4,21,22,24);(H,6,7). The third-order valence-corrected chi connectivity index (χ3v) is 5.59. The van der Waals surface area contributed by atoms with Crippen LogP contribution in [0.4, 0.5) is 23.2 Å². The fourth-order valence-electron chi connectivity index (χ4n) is 2.85. The van der Waals surface area contributed by atoms with Crippen molar-refractivity contribution in [1.29, 1.82) is 0 Å². The third kappa shape index (κ3) is 10.3. The quantitative estimate of drug-likeness (QED) is 0.0771. The van der Waals surface area contributed by atoms with E-state index in [4.69, 9.17) is 31.9 Å². The maximum absolute atomic E-state index is 13.9. The highest BCUT2D eigenvalue weighted by molar-refractivity contribution is 7.91. The molecule has 210 valence electrons. The van der Waals surface area contributed by atoms with Gasteiger partial charge in [-0.2, -0.15) is 13.2 Å². The second-order valence-electron chi connectivity index (χ2n) is 7.46. The molecule has 1 heterocycles. The summed E-state index contributed by atoms with van der Waals surface area (Å²) in [5.41, 5.74) is 14.9. The molecule has 13 nitrogen and oxygen atoms in total. The van der Waals surface area contributed by atoms with Crippen LogP contribution in [-0.4, -0.2) is 49.1 Å². The van der Waals surface area contributed by atoms with Crippen molar-refractivity contribution in [1.82, 2.24) is 4.98 Å². The summed E-state index contributed by atoms with van der Waals surface area (Å²) in [4.78, 5) is 40.8. The first kappa shape index (κ1) is 31.7. The summed E-state index contributed by atoms with van der Waals surface area (Å²) in [6.07, 6.45) is -5.13. The number of primary amides is 1. The van der Waals surface area contributed by atoms with E-state index in [0.717, 1.165) is 6.07 Å². The molecule has 0 radical (unpaired) electrons. The van der Waals surface area contributed by atoms with Gasteiger partial charge in [0, 0.05) is 11.3 Å². The molecule has 1 aromatic carbocycles. The van der Waals surface area contributed by atoms with Crippen LogP contribution in [0.1, 0.15) is 29.2 Å². The van der Waals surface area contributed by atoms with Crippen LogP contribution in [0.25, 0.3) is 0 Å². The Hall–Kier alpha value is -4.35. The molecular formula is C20H24F4N6O7S. The molecule has 0 bridgehead atoms. The molecule has 9 N–H and O–H groups in total. The Balaban J connectivity index is 0.000000905. The number of oxime groups is 1. The molecule has 1 aromatic heterocycles. The highest BCUT2D eigenvalue weighted by Crippen LogP contribution is 2.27. The summed E-state index contributed by atoms with van der Waals surface area (Å²) in [5.74, 6) is -6.44. The van der Waals surface area contributed by atoms with E-state index in [1.54, 1.807) is 6.92 Å². The number of nitrogens with zero attached hydrogens (tertiary/aromatic N) is 1. The number of alkyl halides is 3. The Kier molecular flexibility index (Phi) is 11.1. The lowest BCUT2D eigenvalue weighted by Crippen LogP contribution is -2.29. The van der Waals surface area contributed by atoms with Crippen molar-refractivity contribution in [2.45, 2.75) is 31.2 Å². The lowest BCUT2D eigenvalue weighted by molar-refractivity contribution is -0.192. The number of anilines is 1. The van der Waals surface area contributed by atoms with Crippen LogP contribution in [-0.2, 0) is 30.2 Å². The highest BCUT2D eigenvalue weighted by Gasteiger charge is 2.38.